The SMILES string of the molecule is Cc1ccc(Oc2ccc(NCc3ccco3)cn2)c(C)c1. The molecule has 1 N–H and O–H groups in total. The largest absolute Gasteiger partial charge is 0.467 e. The third-order valence-corrected chi connectivity index (χ3v) is 3.33. The van der Waals surface area contributed by atoms with Gasteiger partial charge in [0.2, 0.25) is 5.88 Å². The van der Waals surface area contributed by atoms with Crippen LogP contribution in [0, 0.1) is 13.8 Å². The van der Waals surface area contributed by atoms with Crippen LogP contribution in [0.3, 0.4) is 0 Å². The molecule has 1 aromatic carbocycles. The molecule has 0 spiro atoms. The van der Waals surface area contributed by atoms with Crippen molar-refractivity contribution < 1.29 is 9.15 Å². The topological polar surface area (TPSA) is 47.3 Å². The first-order chi connectivity index (χ1) is 10.7. The lowest BCUT2D eigenvalue weighted by Gasteiger charge is -2.09. The Morgan fingerprint density at radius 3 is 2.73 bits per heavy atom. The van der Waals surface area contributed by atoms with Gasteiger partial charge < -0.3 is 14.5 Å². The van der Waals surface area contributed by atoms with Crippen LogP contribution in [0.15, 0.2) is 59.3 Å². The van der Waals surface area contributed by atoms with E-state index in [9.17, 15) is 0 Å². The highest BCUT2D eigenvalue weighted by Crippen LogP contribution is 2.25. The number of aromatic nitrogens is 1. The first-order valence-electron chi connectivity index (χ1n) is 7.18. The number of ether oxygens (including phenoxy) is 1. The van der Waals surface area contributed by atoms with E-state index in [-0.39, 0.29) is 0 Å². The number of hydrogen-bond donors (Lipinski definition) is 1. The van der Waals surface area contributed by atoms with Crippen LogP contribution >= 0.6 is 0 Å². The highest BCUT2D eigenvalue weighted by molar-refractivity contribution is 5.44. The molecule has 2 aromatic heterocycles. The van der Waals surface area contributed by atoms with Gasteiger partial charge in [0, 0.05) is 6.07 Å². The number of nitrogens with one attached hydrogen (secondary N) is 1. The summed E-state index contributed by atoms with van der Waals surface area (Å²) in [6, 6.07) is 13.7. The van der Waals surface area contributed by atoms with E-state index < -0.39 is 0 Å². The molecule has 0 aliphatic rings. The summed E-state index contributed by atoms with van der Waals surface area (Å²) in [5, 5.41) is 3.25. The average Bonchev–Trinajstić information content (AvgIpc) is 3.03. The van der Waals surface area contributed by atoms with E-state index >= 15 is 0 Å². The Morgan fingerprint density at radius 2 is 2.05 bits per heavy atom. The van der Waals surface area contributed by atoms with Gasteiger partial charge in [-0.25, -0.2) is 4.98 Å². The van der Waals surface area contributed by atoms with Crippen molar-refractivity contribution in [2.24, 2.45) is 0 Å². The minimum Gasteiger partial charge on any atom is -0.467 e. The molecule has 22 heavy (non-hydrogen) atoms. The second-order valence-corrected chi connectivity index (χ2v) is 5.19. The summed E-state index contributed by atoms with van der Waals surface area (Å²) in [7, 11) is 0. The Morgan fingerprint density at radius 1 is 1.14 bits per heavy atom. The number of nitrogens with zero attached hydrogens (tertiary/aromatic N) is 1. The van der Waals surface area contributed by atoms with Crippen molar-refractivity contribution >= 4 is 5.69 Å². The Bertz CT molecular complexity index is 734. The molecule has 0 fully saturated rings. The molecule has 0 bridgehead atoms. The van der Waals surface area contributed by atoms with Crippen LogP contribution in [0.25, 0.3) is 0 Å². The van der Waals surface area contributed by atoms with E-state index in [2.05, 4.69) is 23.3 Å². The predicted octanol–water partition coefficient (Wildman–Crippen LogP) is 4.70. The lowest BCUT2D eigenvalue weighted by atomic mass is 10.1. The number of aryl methyl sites for hydroxylation is 2. The minimum atomic E-state index is 0.579. The van der Waals surface area contributed by atoms with Gasteiger partial charge in [-0.2, -0.15) is 0 Å². The fourth-order valence-corrected chi connectivity index (χ4v) is 2.17. The zero-order chi connectivity index (χ0) is 15.4. The van der Waals surface area contributed by atoms with Crippen LogP contribution in [-0.2, 0) is 6.54 Å². The molecule has 112 valence electrons. The van der Waals surface area contributed by atoms with E-state index in [1.165, 1.54) is 5.56 Å². The van der Waals surface area contributed by atoms with Gasteiger partial charge in [-0.1, -0.05) is 17.7 Å². The van der Waals surface area contributed by atoms with Gasteiger partial charge in [-0.05, 0) is 43.7 Å². The number of benzene rings is 1. The van der Waals surface area contributed by atoms with Crippen LogP contribution < -0.4 is 10.1 Å². The monoisotopic (exact) mass is 294 g/mol. The highest BCUT2D eigenvalue weighted by Gasteiger charge is 2.03. The summed E-state index contributed by atoms with van der Waals surface area (Å²) in [6.07, 6.45) is 3.41. The van der Waals surface area contributed by atoms with Gasteiger partial charge in [0.1, 0.15) is 11.5 Å². The highest BCUT2D eigenvalue weighted by atomic mass is 16.5. The van der Waals surface area contributed by atoms with E-state index in [4.69, 9.17) is 9.15 Å². The lowest BCUT2D eigenvalue weighted by Crippen LogP contribution is -1.99. The second-order valence-electron chi connectivity index (χ2n) is 5.19. The summed E-state index contributed by atoms with van der Waals surface area (Å²) in [6.45, 7) is 4.72. The van der Waals surface area contributed by atoms with Gasteiger partial charge in [0.05, 0.1) is 24.7 Å². The molecular formula is C18H18N2O2. The van der Waals surface area contributed by atoms with Crippen LogP contribution in [0.1, 0.15) is 16.9 Å². The van der Waals surface area contributed by atoms with Crippen LogP contribution in [0.2, 0.25) is 0 Å². The molecule has 0 unspecified atom stereocenters. The fraction of sp³-hybridized carbons (Fsp3) is 0.167. The summed E-state index contributed by atoms with van der Waals surface area (Å²) in [5.74, 6) is 2.29. The van der Waals surface area contributed by atoms with Crippen molar-refractivity contribution in [1.29, 1.82) is 0 Å². The summed E-state index contributed by atoms with van der Waals surface area (Å²) in [4.78, 5) is 4.32. The standard InChI is InChI=1S/C18H18N2O2/c1-13-5-7-17(14(2)10-13)22-18-8-6-15(11-20-18)19-12-16-4-3-9-21-16/h3-11,19H,12H2,1-2H3. The van der Waals surface area contributed by atoms with E-state index in [1.54, 1.807) is 12.5 Å². The molecule has 4 heteroatoms. The Labute approximate surface area is 129 Å². The molecule has 4 nitrogen and oxygen atoms in total. The maximum Gasteiger partial charge on any atom is 0.219 e. The zero-order valence-electron chi connectivity index (χ0n) is 12.7. The number of hydrogen-bond acceptors (Lipinski definition) is 4. The van der Waals surface area contributed by atoms with Gasteiger partial charge in [0.25, 0.3) is 0 Å². The van der Waals surface area contributed by atoms with Crippen LogP contribution in [0.5, 0.6) is 11.6 Å². The molecule has 0 amide bonds. The quantitative estimate of drug-likeness (QED) is 0.741. The predicted molar refractivity (Wildman–Crippen MR) is 86.3 cm³/mol. The third kappa shape index (κ3) is 3.47. The molecule has 0 aliphatic carbocycles. The number of anilines is 1. The molecule has 0 saturated carbocycles. The molecular weight excluding hydrogens is 276 g/mol. The fourth-order valence-electron chi connectivity index (χ4n) is 2.17. The van der Waals surface area contributed by atoms with Crippen molar-refractivity contribution in [2.45, 2.75) is 20.4 Å². The molecule has 3 rings (SSSR count). The Balaban J connectivity index is 1.63. The van der Waals surface area contributed by atoms with Crippen molar-refractivity contribution in [2.75, 3.05) is 5.32 Å². The van der Waals surface area contributed by atoms with Crippen molar-refractivity contribution in [1.82, 2.24) is 4.98 Å². The number of furan rings is 1. The first-order valence-corrected chi connectivity index (χ1v) is 7.18. The summed E-state index contributed by atoms with van der Waals surface area (Å²) in [5.41, 5.74) is 3.24. The number of pyridine rings is 1. The summed E-state index contributed by atoms with van der Waals surface area (Å²) < 4.78 is 11.1. The molecule has 3 aromatic rings. The van der Waals surface area contributed by atoms with E-state index in [0.717, 1.165) is 22.8 Å². The van der Waals surface area contributed by atoms with Crippen molar-refractivity contribution in [3.63, 3.8) is 0 Å². The number of rotatable bonds is 5. The Kier molecular flexibility index (Phi) is 4.10. The van der Waals surface area contributed by atoms with Crippen LogP contribution in [0.4, 0.5) is 5.69 Å². The average molecular weight is 294 g/mol. The molecule has 2 heterocycles. The van der Waals surface area contributed by atoms with E-state index in [1.807, 2.05) is 43.3 Å². The zero-order valence-corrected chi connectivity index (χ0v) is 12.7. The van der Waals surface area contributed by atoms with Gasteiger partial charge in [0.15, 0.2) is 0 Å². The maximum atomic E-state index is 5.81. The third-order valence-electron chi connectivity index (χ3n) is 3.33. The first kappa shape index (κ1) is 14.2. The van der Waals surface area contributed by atoms with Crippen molar-refractivity contribution in [3.8, 4) is 11.6 Å². The van der Waals surface area contributed by atoms with Crippen molar-refractivity contribution in [3.05, 3.63) is 71.8 Å². The molecule has 0 saturated heterocycles. The van der Waals surface area contributed by atoms with E-state index in [0.29, 0.717) is 12.4 Å². The smallest absolute Gasteiger partial charge is 0.219 e. The summed E-state index contributed by atoms with van der Waals surface area (Å²) >= 11 is 0. The van der Waals surface area contributed by atoms with Gasteiger partial charge in [-0.3, -0.25) is 0 Å². The molecule has 0 radical (unpaired) electrons. The molecule has 0 aliphatic heterocycles. The minimum absolute atomic E-state index is 0.579. The van der Waals surface area contributed by atoms with Crippen LogP contribution in [-0.4, -0.2) is 4.98 Å². The normalized spacial score (nSPS) is 10.5. The maximum absolute atomic E-state index is 5.81. The second kappa shape index (κ2) is 6.35. The Hall–Kier alpha value is -2.75. The lowest BCUT2D eigenvalue weighted by molar-refractivity contribution is 0.459. The van der Waals surface area contributed by atoms with Gasteiger partial charge >= 0.3 is 0 Å². The molecule has 0 atom stereocenters. The van der Waals surface area contributed by atoms with Gasteiger partial charge in [-0.15, -0.1) is 0 Å².